The van der Waals surface area contributed by atoms with E-state index in [0.29, 0.717) is 18.7 Å². The van der Waals surface area contributed by atoms with Crippen molar-refractivity contribution in [2.75, 3.05) is 37.6 Å². The Kier molecular flexibility index (Phi) is 8.32. The highest BCUT2D eigenvalue weighted by molar-refractivity contribution is 7.13. The fourth-order valence-corrected chi connectivity index (χ4v) is 6.39. The van der Waals surface area contributed by atoms with Crippen LogP contribution in [0.4, 0.5) is 5.82 Å². The van der Waals surface area contributed by atoms with Crippen LogP contribution in [0.25, 0.3) is 10.4 Å². The minimum atomic E-state index is -0.490. The number of aromatic nitrogens is 2. The SMILES string of the molecule is Cc1ncsc1-c1ccc(C(C)NC(=O)C2CCCN2C(=O)C(c2cc(N3CCNCC3)no2)C(C)C)cc1. The number of anilines is 1. The number of carbonyl (C=O) groups is 2. The van der Waals surface area contributed by atoms with E-state index in [1.165, 1.54) is 0 Å². The summed E-state index contributed by atoms with van der Waals surface area (Å²) >= 11 is 1.62. The molecule has 2 amide bonds. The van der Waals surface area contributed by atoms with Gasteiger partial charge >= 0.3 is 0 Å². The van der Waals surface area contributed by atoms with Gasteiger partial charge in [0, 0.05) is 38.8 Å². The minimum absolute atomic E-state index is 0.00486. The van der Waals surface area contributed by atoms with Crippen LogP contribution in [-0.4, -0.2) is 65.6 Å². The zero-order chi connectivity index (χ0) is 27.5. The smallest absolute Gasteiger partial charge is 0.243 e. The fourth-order valence-electron chi connectivity index (χ4n) is 5.58. The molecule has 39 heavy (non-hydrogen) atoms. The van der Waals surface area contributed by atoms with E-state index in [4.69, 9.17) is 4.52 Å². The van der Waals surface area contributed by atoms with E-state index in [-0.39, 0.29) is 23.8 Å². The Morgan fingerprint density at radius 2 is 1.87 bits per heavy atom. The highest BCUT2D eigenvalue weighted by atomic mass is 32.1. The lowest BCUT2D eigenvalue weighted by molar-refractivity contribution is -0.141. The third-order valence-electron chi connectivity index (χ3n) is 7.81. The molecule has 0 bridgehead atoms. The second kappa shape index (κ2) is 11.9. The predicted molar refractivity (Wildman–Crippen MR) is 153 cm³/mol. The molecule has 3 atom stereocenters. The molecule has 2 aliphatic rings. The molecule has 0 spiro atoms. The number of amides is 2. The van der Waals surface area contributed by atoms with E-state index in [1.54, 1.807) is 16.2 Å². The van der Waals surface area contributed by atoms with Crippen molar-refractivity contribution in [3.05, 3.63) is 52.9 Å². The van der Waals surface area contributed by atoms with Gasteiger partial charge in [-0.15, -0.1) is 11.3 Å². The van der Waals surface area contributed by atoms with Crippen LogP contribution >= 0.6 is 11.3 Å². The molecule has 10 heteroatoms. The number of nitrogens with zero attached hydrogens (tertiary/aromatic N) is 4. The van der Waals surface area contributed by atoms with Crippen LogP contribution in [0.3, 0.4) is 0 Å². The van der Waals surface area contributed by atoms with Gasteiger partial charge in [-0.3, -0.25) is 9.59 Å². The molecule has 4 heterocycles. The number of hydrogen-bond donors (Lipinski definition) is 2. The Bertz CT molecular complexity index is 1280. The number of nitrogens with one attached hydrogen (secondary N) is 2. The van der Waals surface area contributed by atoms with Gasteiger partial charge in [0.2, 0.25) is 11.8 Å². The van der Waals surface area contributed by atoms with Crippen molar-refractivity contribution in [3.63, 3.8) is 0 Å². The summed E-state index contributed by atoms with van der Waals surface area (Å²) in [4.78, 5) is 36.7. The summed E-state index contributed by atoms with van der Waals surface area (Å²) in [6.45, 7) is 12.1. The highest BCUT2D eigenvalue weighted by Crippen LogP contribution is 2.33. The molecule has 0 aliphatic carbocycles. The zero-order valence-electron chi connectivity index (χ0n) is 23.1. The maximum atomic E-state index is 13.9. The Morgan fingerprint density at radius 1 is 1.13 bits per heavy atom. The number of aryl methyl sites for hydroxylation is 1. The molecule has 2 aromatic heterocycles. The average Bonchev–Trinajstić information content (AvgIpc) is 3.70. The molecule has 0 radical (unpaired) electrons. The first kappa shape index (κ1) is 27.3. The van der Waals surface area contributed by atoms with Crippen molar-refractivity contribution in [1.29, 1.82) is 0 Å². The van der Waals surface area contributed by atoms with Crippen LogP contribution in [0.5, 0.6) is 0 Å². The van der Waals surface area contributed by atoms with Crippen molar-refractivity contribution >= 4 is 29.0 Å². The summed E-state index contributed by atoms with van der Waals surface area (Å²) < 4.78 is 5.72. The van der Waals surface area contributed by atoms with Crippen LogP contribution in [0.1, 0.15) is 62.6 Å². The summed E-state index contributed by atoms with van der Waals surface area (Å²) in [5.41, 5.74) is 5.02. The second-order valence-corrected chi connectivity index (χ2v) is 11.7. The number of rotatable bonds is 8. The van der Waals surface area contributed by atoms with E-state index in [0.717, 1.165) is 60.1 Å². The van der Waals surface area contributed by atoms with E-state index >= 15 is 0 Å². The van der Waals surface area contributed by atoms with Gasteiger partial charge in [0.05, 0.1) is 22.1 Å². The summed E-state index contributed by atoms with van der Waals surface area (Å²) in [5, 5.41) is 10.8. The zero-order valence-corrected chi connectivity index (χ0v) is 24.0. The molecule has 0 saturated carbocycles. The van der Waals surface area contributed by atoms with Gasteiger partial charge in [0.1, 0.15) is 12.0 Å². The predicted octanol–water partition coefficient (Wildman–Crippen LogP) is 4.12. The van der Waals surface area contributed by atoms with Gasteiger partial charge < -0.3 is 25.0 Å². The Labute approximate surface area is 234 Å². The van der Waals surface area contributed by atoms with Gasteiger partial charge in [0.15, 0.2) is 11.6 Å². The Hall–Kier alpha value is -3.24. The second-order valence-electron chi connectivity index (χ2n) is 10.9. The summed E-state index contributed by atoms with van der Waals surface area (Å²) in [5.74, 6) is 0.679. The molecule has 3 unspecified atom stereocenters. The maximum absolute atomic E-state index is 13.9. The van der Waals surface area contributed by atoms with Crippen LogP contribution in [0, 0.1) is 12.8 Å². The lowest BCUT2D eigenvalue weighted by Gasteiger charge is -2.29. The monoisotopic (exact) mass is 550 g/mol. The Balaban J connectivity index is 1.26. The van der Waals surface area contributed by atoms with E-state index in [2.05, 4.69) is 37.8 Å². The first-order valence-electron chi connectivity index (χ1n) is 13.9. The molecule has 208 valence electrons. The van der Waals surface area contributed by atoms with Crippen LogP contribution in [-0.2, 0) is 9.59 Å². The van der Waals surface area contributed by atoms with Gasteiger partial charge in [-0.05, 0) is 43.7 Å². The van der Waals surface area contributed by atoms with Crippen LogP contribution < -0.4 is 15.5 Å². The molecular weight excluding hydrogens is 512 g/mol. The molecule has 5 rings (SSSR count). The quantitative estimate of drug-likeness (QED) is 0.435. The first-order chi connectivity index (χ1) is 18.8. The highest BCUT2D eigenvalue weighted by Gasteiger charge is 2.40. The lowest BCUT2D eigenvalue weighted by Crippen LogP contribution is -2.48. The molecule has 2 saturated heterocycles. The molecule has 2 fully saturated rings. The van der Waals surface area contributed by atoms with Gasteiger partial charge in [-0.25, -0.2) is 4.98 Å². The van der Waals surface area contributed by atoms with Crippen LogP contribution in [0.15, 0.2) is 40.4 Å². The number of thiazole rings is 1. The van der Waals surface area contributed by atoms with Gasteiger partial charge in [0.25, 0.3) is 0 Å². The van der Waals surface area contributed by atoms with Gasteiger partial charge in [-0.2, -0.15) is 0 Å². The normalized spacial score (nSPS) is 19.4. The van der Waals surface area contributed by atoms with Gasteiger partial charge in [-0.1, -0.05) is 43.3 Å². The van der Waals surface area contributed by atoms with Crippen LogP contribution in [0.2, 0.25) is 0 Å². The standard InChI is InChI=1S/C29H38N6O3S/c1-18(2)26(24-16-25(33-38-24)34-14-11-30-12-15-34)29(37)35-13-5-6-23(35)28(36)32-19(3)21-7-9-22(10-8-21)27-20(4)31-17-39-27/h7-10,16-19,23,26,30H,5-6,11-15H2,1-4H3,(H,32,36). The Morgan fingerprint density at radius 3 is 2.54 bits per heavy atom. The third kappa shape index (κ3) is 5.86. The molecule has 1 aromatic carbocycles. The molecule has 2 aliphatic heterocycles. The average molecular weight is 551 g/mol. The summed E-state index contributed by atoms with van der Waals surface area (Å²) in [6, 6.07) is 9.47. The minimum Gasteiger partial charge on any atom is -0.358 e. The topological polar surface area (TPSA) is 104 Å². The largest absolute Gasteiger partial charge is 0.358 e. The van der Waals surface area contributed by atoms with E-state index in [1.807, 2.05) is 51.4 Å². The molecule has 2 N–H and O–H groups in total. The molecular formula is C29H38N6O3S. The van der Waals surface area contributed by atoms with Crippen molar-refractivity contribution in [1.82, 2.24) is 25.7 Å². The van der Waals surface area contributed by atoms with Crippen molar-refractivity contribution < 1.29 is 14.1 Å². The maximum Gasteiger partial charge on any atom is 0.243 e. The number of carbonyl (C=O) groups excluding carboxylic acids is 2. The fraction of sp³-hybridized carbons (Fsp3) is 0.517. The first-order valence-corrected chi connectivity index (χ1v) is 14.7. The number of likely N-dealkylation sites (tertiary alicyclic amines) is 1. The molecule has 3 aromatic rings. The van der Waals surface area contributed by atoms with Crippen molar-refractivity contribution in [3.8, 4) is 10.4 Å². The number of benzene rings is 1. The third-order valence-corrected chi connectivity index (χ3v) is 8.79. The van der Waals surface area contributed by atoms with Crippen molar-refractivity contribution in [2.24, 2.45) is 5.92 Å². The van der Waals surface area contributed by atoms with E-state index < -0.39 is 12.0 Å². The van der Waals surface area contributed by atoms with Crippen molar-refractivity contribution in [2.45, 2.75) is 58.5 Å². The summed E-state index contributed by atoms with van der Waals surface area (Å²) in [7, 11) is 0. The van der Waals surface area contributed by atoms with E-state index in [9.17, 15) is 9.59 Å². The number of hydrogen-bond acceptors (Lipinski definition) is 8. The summed E-state index contributed by atoms with van der Waals surface area (Å²) in [6.07, 6.45) is 1.45. The molecule has 9 nitrogen and oxygen atoms in total. The lowest BCUT2D eigenvalue weighted by atomic mass is 9.91. The number of piperazine rings is 1.